The number of hydrogen-bond acceptors (Lipinski definition) is 5. The highest BCUT2D eigenvalue weighted by Gasteiger charge is 2.18. The van der Waals surface area contributed by atoms with Crippen LogP contribution in [0.15, 0.2) is 29.5 Å². The van der Waals surface area contributed by atoms with Gasteiger partial charge in [0.05, 0.1) is 10.3 Å². The summed E-state index contributed by atoms with van der Waals surface area (Å²) in [7, 11) is 1.87. The molecule has 0 spiro atoms. The molecule has 0 unspecified atom stereocenters. The maximum absolute atomic E-state index is 12.6. The molecule has 4 aromatic rings. The van der Waals surface area contributed by atoms with E-state index in [1.165, 1.54) is 11.3 Å². The first-order valence-electron chi connectivity index (χ1n) is 10.0. The second-order valence-electron chi connectivity index (χ2n) is 6.29. The van der Waals surface area contributed by atoms with Crippen LogP contribution in [-0.4, -0.2) is 29.3 Å². The monoisotopic (exact) mass is 430 g/mol. The third-order valence-electron chi connectivity index (χ3n) is 4.20. The minimum absolute atomic E-state index is 0. The molecule has 1 N–H and O–H groups in total. The number of thiophene rings is 1. The van der Waals surface area contributed by atoms with E-state index in [9.17, 15) is 4.79 Å². The molecule has 7 nitrogen and oxygen atoms in total. The van der Waals surface area contributed by atoms with Gasteiger partial charge in [0.1, 0.15) is 10.5 Å². The largest absolute Gasteiger partial charge is 0.331 e. The van der Waals surface area contributed by atoms with Crippen LogP contribution < -0.4 is 5.56 Å². The Hall–Kier alpha value is -2.74. The van der Waals surface area contributed by atoms with Gasteiger partial charge in [-0.3, -0.25) is 9.48 Å². The van der Waals surface area contributed by atoms with Crippen LogP contribution in [0.4, 0.5) is 0 Å². The lowest BCUT2D eigenvalue weighted by Gasteiger charge is -2.03. The van der Waals surface area contributed by atoms with Gasteiger partial charge in [-0.05, 0) is 32.4 Å². The number of rotatable bonds is 3. The van der Waals surface area contributed by atoms with E-state index in [0.717, 1.165) is 16.1 Å². The number of aryl methyl sites for hydroxylation is 2. The second kappa shape index (κ2) is 10.9. The van der Waals surface area contributed by atoms with Gasteiger partial charge in [-0.2, -0.15) is 5.10 Å². The zero-order chi connectivity index (χ0) is 21.7. The fourth-order valence-corrected chi connectivity index (χ4v) is 3.98. The Bertz CT molecular complexity index is 1130. The molecule has 4 rings (SSSR count). The van der Waals surface area contributed by atoms with E-state index < -0.39 is 0 Å². The number of aromatic amines is 1. The lowest BCUT2D eigenvalue weighted by atomic mass is 10.2. The van der Waals surface area contributed by atoms with Crippen molar-refractivity contribution in [1.82, 2.24) is 29.3 Å². The highest BCUT2D eigenvalue weighted by atomic mass is 32.1. The first-order chi connectivity index (χ1) is 14.0. The normalized spacial score (nSPS) is 10.2. The van der Waals surface area contributed by atoms with Gasteiger partial charge in [-0.1, -0.05) is 35.1 Å². The highest BCUT2D eigenvalue weighted by molar-refractivity contribution is 7.22. The van der Waals surface area contributed by atoms with Gasteiger partial charge in [0.15, 0.2) is 11.6 Å². The standard InChI is InChI=1S/C17H18N6OS.2C2H6.CH4/c1-9(2)23-7-5-11(21-23)13-10(3)12-16(24)19-14(20-17(12)25-13)15-18-6-8-22(15)4;2*1-2;/h5-9H,1-4H3,(H,19,20,24);2*1-2H3;1H4. The molecule has 0 aliphatic rings. The van der Waals surface area contributed by atoms with Crippen LogP contribution >= 0.6 is 11.3 Å². The molecule has 30 heavy (non-hydrogen) atoms. The summed E-state index contributed by atoms with van der Waals surface area (Å²) in [5.74, 6) is 1.11. The first-order valence-corrected chi connectivity index (χ1v) is 10.8. The fourth-order valence-electron chi connectivity index (χ4n) is 2.83. The van der Waals surface area contributed by atoms with E-state index in [1.54, 1.807) is 6.20 Å². The molecule has 0 radical (unpaired) electrons. The molecule has 0 aromatic carbocycles. The third kappa shape index (κ3) is 4.70. The summed E-state index contributed by atoms with van der Waals surface area (Å²) in [5, 5.41) is 5.25. The van der Waals surface area contributed by atoms with E-state index in [-0.39, 0.29) is 13.0 Å². The lowest BCUT2D eigenvalue weighted by Crippen LogP contribution is -2.10. The molecule has 0 aliphatic carbocycles. The minimum Gasteiger partial charge on any atom is -0.331 e. The van der Waals surface area contributed by atoms with Crippen LogP contribution in [0.1, 0.15) is 60.6 Å². The number of aromatic nitrogens is 6. The van der Waals surface area contributed by atoms with E-state index >= 15 is 0 Å². The van der Waals surface area contributed by atoms with Crippen molar-refractivity contribution in [3.8, 4) is 22.2 Å². The predicted molar refractivity (Wildman–Crippen MR) is 128 cm³/mol. The molecule has 4 heterocycles. The number of H-pyrrole nitrogens is 1. The minimum atomic E-state index is -0.147. The van der Waals surface area contributed by atoms with Gasteiger partial charge in [-0.25, -0.2) is 9.97 Å². The number of imidazole rings is 1. The van der Waals surface area contributed by atoms with Crippen LogP contribution in [0.25, 0.3) is 32.4 Å². The van der Waals surface area contributed by atoms with Crippen LogP contribution in [0.3, 0.4) is 0 Å². The van der Waals surface area contributed by atoms with Crippen LogP contribution in [-0.2, 0) is 7.05 Å². The Labute approximate surface area is 182 Å². The average Bonchev–Trinajstić information content (AvgIpc) is 3.44. The summed E-state index contributed by atoms with van der Waals surface area (Å²) in [4.78, 5) is 26.1. The van der Waals surface area contributed by atoms with Crippen molar-refractivity contribution in [1.29, 1.82) is 0 Å². The topological polar surface area (TPSA) is 81.4 Å². The fraction of sp³-hybridized carbons (Fsp3) is 0.455. The SMILES string of the molecule is C.CC.CC.Cc1c(-c2ccn(C(C)C)n2)sc2nc(-c3nccn3C)[nH]c(=O)c12. The Kier molecular flexibility index (Phi) is 9.17. The van der Waals surface area contributed by atoms with Crippen molar-refractivity contribution in [2.75, 3.05) is 0 Å². The number of fused-ring (bicyclic) bond motifs is 1. The van der Waals surface area contributed by atoms with Crippen molar-refractivity contribution in [2.45, 2.75) is 61.9 Å². The molecule has 0 saturated heterocycles. The Morgan fingerprint density at radius 1 is 1.13 bits per heavy atom. The molecule has 0 atom stereocenters. The van der Waals surface area contributed by atoms with Crippen molar-refractivity contribution in [3.05, 3.63) is 40.6 Å². The molecule has 0 aliphatic heterocycles. The maximum Gasteiger partial charge on any atom is 0.260 e. The summed E-state index contributed by atoms with van der Waals surface area (Å²) < 4.78 is 3.74. The number of nitrogens with zero attached hydrogens (tertiary/aromatic N) is 5. The molecule has 0 amide bonds. The van der Waals surface area contributed by atoms with Crippen LogP contribution in [0, 0.1) is 6.92 Å². The summed E-state index contributed by atoms with van der Waals surface area (Å²) in [6.45, 7) is 14.1. The van der Waals surface area contributed by atoms with E-state index in [2.05, 4.69) is 33.9 Å². The lowest BCUT2D eigenvalue weighted by molar-refractivity contribution is 0.534. The van der Waals surface area contributed by atoms with Crippen LogP contribution in [0.2, 0.25) is 0 Å². The summed E-state index contributed by atoms with van der Waals surface area (Å²) in [6, 6.07) is 2.27. The molecule has 0 saturated carbocycles. The Morgan fingerprint density at radius 3 is 2.33 bits per heavy atom. The maximum atomic E-state index is 12.6. The first kappa shape index (κ1) is 25.3. The molecule has 8 heteroatoms. The Morgan fingerprint density at radius 2 is 1.80 bits per heavy atom. The van der Waals surface area contributed by atoms with Gasteiger partial charge < -0.3 is 9.55 Å². The van der Waals surface area contributed by atoms with E-state index in [4.69, 9.17) is 0 Å². The quantitative estimate of drug-likeness (QED) is 0.443. The summed E-state index contributed by atoms with van der Waals surface area (Å²) >= 11 is 1.49. The van der Waals surface area contributed by atoms with Gasteiger partial charge in [0.25, 0.3) is 5.56 Å². The van der Waals surface area contributed by atoms with Crippen molar-refractivity contribution < 1.29 is 0 Å². The molecule has 0 bridgehead atoms. The van der Waals surface area contributed by atoms with Gasteiger partial charge in [0, 0.05) is 31.7 Å². The van der Waals surface area contributed by atoms with Crippen molar-refractivity contribution in [3.63, 3.8) is 0 Å². The zero-order valence-electron chi connectivity index (χ0n) is 18.4. The third-order valence-corrected chi connectivity index (χ3v) is 5.41. The van der Waals surface area contributed by atoms with Crippen molar-refractivity contribution >= 4 is 21.6 Å². The van der Waals surface area contributed by atoms with Gasteiger partial charge in [0.2, 0.25) is 0 Å². The molecular weight excluding hydrogens is 396 g/mol. The summed E-state index contributed by atoms with van der Waals surface area (Å²) in [6.07, 6.45) is 5.47. The van der Waals surface area contributed by atoms with Gasteiger partial charge in [-0.15, -0.1) is 11.3 Å². The van der Waals surface area contributed by atoms with E-state index in [1.807, 2.05) is 69.4 Å². The van der Waals surface area contributed by atoms with Crippen molar-refractivity contribution in [2.24, 2.45) is 7.05 Å². The zero-order valence-corrected chi connectivity index (χ0v) is 19.3. The summed E-state index contributed by atoms with van der Waals surface area (Å²) in [5.41, 5.74) is 1.63. The predicted octanol–water partition coefficient (Wildman–Crippen LogP) is 5.83. The molecular formula is C22H34N6OS. The molecule has 164 valence electrons. The Balaban J connectivity index is 0.000000851. The smallest absolute Gasteiger partial charge is 0.260 e. The number of hydrogen-bond donors (Lipinski definition) is 1. The van der Waals surface area contributed by atoms with E-state index in [0.29, 0.717) is 27.9 Å². The van der Waals surface area contributed by atoms with Crippen LogP contribution in [0.5, 0.6) is 0 Å². The molecule has 4 aromatic heterocycles. The highest BCUT2D eigenvalue weighted by Crippen LogP contribution is 2.35. The van der Waals surface area contributed by atoms with Gasteiger partial charge >= 0.3 is 0 Å². The average molecular weight is 431 g/mol. The molecule has 0 fully saturated rings. The second-order valence-corrected chi connectivity index (χ2v) is 7.29. The number of nitrogens with one attached hydrogen (secondary N) is 1.